The number of carbonyl (C=O) groups excluding carboxylic acids is 3. The number of hydrogen-bond donors (Lipinski definition) is 1. The van der Waals surface area contributed by atoms with E-state index in [0.29, 0.717) is 5.56 Å². The van der Waals surface area contributed by atoms with Gasteiger partial charge in [0.15, 0.2) is 5.78 Å². The van der Waals surface area contributed by atoms with Gasteiger partial charge >= 0.3 is 5.97 Å². The molecule has 0 heterocycles. The van der Waals surface area contributed by atoms with Crippen LogP contribution in [0.3, 0.4) is 0 Å². The minimum Gasteiger partial charge on any atom is -0.496 e. The van der Waals surface area contributed by atoms with Crippen LogP contribution in [0.25, 0.3) is 6.08 Å². The van der Waals surface area contributed by atoms with Crippen LogP contribution in [0.4, 0.5) is 0 Å². The van der Waals surface area contributed by atoms with E-state index in [1.165, 1.54) is 38.3 Å². The topological polar surface area (TPSA) is 119 Å². The maximum absolute atomic E-state index is 11.9. The van der Waals surface area contributed by atoms with E-state index in [1.807, 2.05) is 6.07 Å². The van der Waals surface area contributed by atoms with Crippen molar-refractivity contribution in [2.45, 2.75) is 13.3 Å². The van der Waals surface area contributed by atoms with Gasteiger partial charge in [0.1, 0.15) is 17.9 Å². The van der Waals surface area contributed by atoms with Crippen LogP contribution in [0.5, 0.6) is 5.75 Å². The number of benzene rings is 1. The fraction of sp³-hybridized carbons (Fsp3) is 0.250. The zero-order valence-electron chi connectivity index (χ0n) is 12.8. The minimum atomic E-state index is -0.825. The Labute approximate surface area is 133 Å². The van der Waals surface area contributed by atoms with Gasteiger partial charge in [0, 0.05) is 11.1 Å². The summed E-state index contributed by atoms with van der Waals surface area (Å²) in [6, 6.07) is 6.20. The molecule has 1 aromatic rings. The summed E-state index contributed by atoms with van der Waals surface area (Å²) < 4.78 is 9.98. The van der Waals surface area contributed by atoms with Crippen LogP contribution >= 0.6 is 0 Å². The van der Waals surface area contributed by atoms with Crippen LogP contribution in [0, 0.1) is 11.3 Å². The molecule has 0 aromatic heterocycles. The van der Waals surface area contributed by atoms with Crippen molar-refractivity contribution >= 4 is 23.7 Å². The van der Waals surface area contributed by atoms with Crippen LogP contribution in [-0.4, -0.2) is 31.4 Å². The molecule has 0 atom stereocenters. The second-order valence-electron chi connectivity index (χ2n) is 4.48. The molecule has 0 radical (unpaired) electrons. The number of primary amides is 1. The Kier molecular flexibility index (Phi) is 6.49. The lowest BCUT2D eigenvalue weighted by molar-refractivity contribution is -0.140. The highest BCUT2D eigenvalue weighted by Gasteiger charge is 2.17. The Bertz CT molecular complexity index is 701. The van der Waals surface area contributed by atoms with Crippen LogP contribution in [-0.2, 0) is 14.3 Å². The predicted octanol–water partition coefficient (Wildman–Crippen LogP) is 1.22. The monoisotopic (exact) mass is 316 g/mol. The summed E-state index contributed by atoms with van der Waals surface area (Å²) in [5.41, 5.74) is 5.65. The van der Waals surface area contributed by atoms with Crippen LogP contribution in [0.1, 0.15) is 29.3 Å². The number of amides is 1. The van der Waals surface area contributed by atoms with Crippen molar-refractivity contribution in [2.75, 3.05) is 13.7 Å². The van der Waals surface area contributed by atoms with Gasteiger partial charge in [-0.1, -0.05) is 6.07 Å². The van der Waals surface area contributed by atoms with Crippen molar-refractivity contribution in [3.63, 3.8) is 0 Å². The first-order valence-corrected chi connectivity index (χ1v) is 6.65. The zero-order chi connectivity index (χ0) is 17.4. The lowest BCUT2D eigenvalue weighted by Crippen LogP contribution is -2.14. The van der Waals surface area contributed by atoms with Gasteiger partial charge in [0.2, 0.25) is 5.91 Å². The number of ether oxygens (including phenoxy) is 2. The van der Waals surface area contributed by atoms with Crippen molar-refractivity contribution in [1.82, 2.24) is 0 Å². The smallest absolute Gasteiger partial charge is 0.341 e. The summed E-state index contributed by atoms with van der Waals surface area (Å²) in [6.07, 6.45) is 1.34. The van der Waals surface area contributed by atoms with Gasteiger partial charge in [0.25, 0.3) is 0 Å². The van der Waals surface area contributed by atoms with E-state index in [1.54, 1.807) is 0 Å². The number of methoxy groups -OCH3 is 1. The van der Waals surface area contributed by atoms with Crippen molar-refractivity contribution < 1.29 is 23.9 Å². The Balaban J connectivity index is 3.17. The molecule has 2 N–H and O–H groups in total. The lowest BCUT2D eigenvalue weighted by Gasteiger charge is -2.08. The average molecular weight is 316 g/mol. The number of rotatable bonds is 7. The van der Waals surface area contributed by atoms with E-state index < -0.39 is 17.7 Å². The normalized spacial score (nSPS) is 10.6. The second kappa shape index (κ2) is 8.34. The first kappa shape index (κ1) is 17.9. The maximum atomic E-state index is 11.9. The highest BCUT2D eigenvalue weighted by molar-refractivity contribution is 6.20. The third kappa shape index (κ3) is 4.97. The van der Waals surface area contributed by atoms with Gasteiger partial charge in [-0.05, 0) is 25.1 Å². The number of ketones is 1. The Hall–Kier alpha value is -3.14. The lowest BCUT2D eigenvalue weighted by atomic mass is 10.0. The SMILES string of the molecule is COc1cc(C(N)=O)ccc1C=C(C(C)=O)C(=O)OCCC#N. The summed E-state index contributed by atoms with van der Waals surface area (Å²) in [7, 11) is 1.39. The molecule has 7 heteroatoms. The first-order chi connectivity index (χ1) is 10.9. The molecular formula is C16H16N2O5. The van der Waals surface area contributed by atoms with Crippen LogP contribution in [0.15, 0.2) is 23.8 Å². The first-order valence-electron chi connectivity index (χ1n) is 6.65. The highest BCUT2D eigenvalue weighted by Crippen LogP contribution is 2.23. The molecule has 7 nitrogen and oxygen atoms in total. The standard InChI is InChI=1S/C16H16N2O5/c1-10(19)13(16(21)23-7-3-6-17)8-11-4-5-12(15(18)20)9-14(11)22-2/h4-5,8-9H,3,7H2,1-2H3,(H2,18,20). The molecule has 0 aliphatic rings. The van der Waals surface area contributed by atoms with Gasteiger partial charge in [-0.15, -0.1) is 0 Å². The second-order valence-corrected chi connectivity index (χ2v) is 4.48. The van der Waals surface area contributed by atoms with Crippen molar-refractivity contribution in [3.8, 4) is 11.8 Å². The third-order valence-electron chi connectivity index (χ3n) is 2.86. The summed E-state index contributed by atoms with van der Waals surface area (Å²) in [4.78, 5) is 34.7. The molecule has 0 bridgehead atoms. The average Bonchev–Trinajstić information content (AvgIpc) is 2.52. The Morgan fingerprint density at radius 1 is 1.35 bits per heavy atom. The molecular weight excluding hydrogens is 300 g/mol. The van der Waals surface area contributed by atoms with E-state index in [2.05, 4.69) is 0 Å². The van der Waals surface area contributed by atoms with Gasteiger partial charge in [0.05, 0.1) is 19.6 Å². The minimum absolute atomic E-state index is 0.0353. The molecule has 1 amide bonds. The van der Waals surface area contributed by atoms with E-state index >= 15 is 0 Å². The molecule has 0 saturated carbocycles. The molecule has 0 spiro atoms. The number of hydrogen-bond acceptors (Lipinski definition) is 6. The maximum Gasteiger partial charge on any atom is 0.341 e. The molecule has 23 heavy (non-hydrogen) atoms. The fourth-order valence-electron chi connectivity index (χ4n) is 1.71. The summed E-state index contributed by atoms with van der Waals surface area (Å²) in [5, 5.41) is 8.42. The number of nitrogens with two attached hydrogens (primary N) is 1. The van der Waals surface area contributed by atoms with E-state index in [4.69, 9.17) is 20.5 Å². The van der Waals surface area contributed by atoms with Gasteiger partial charge in [-0.2, -0.15) is 5.26 Å². The number of nitriles is 1. The molecule has 0 aliphatic heterocycles. The molecule has 0 saturated heterocycles. The molecule has 120 valence electrons. The van der Waals surface area contributed by atoms with Crippen molar-refractivity contribution in [3.05, 3.63) is 34.9 Å². The summed E-state index contributed by atoms with van der Waals surface area (Å²) >= 11 is 0. The summed E-state index contributed by atoms with van der Waals surface area (Å²) in [5.74, 6) is -1.66. The number of Topliss-reactive ketones (excluding diaryl/α,β-unsaturated/α-hetero) is 1. The Morgan fingerprint density at radius 3 is 2.57 bits per heavy atom. The summed E-state index contributed by atoms with van der Waals surface area (Å²) in [6.45, 7) is 1.12. The molecule has 0 unspecified atom stereocenters. The number of nitrogens with zero attached hydrogens (tertiary/aromatic N) is 1. The van der Waals surface area contributed by atoms with Gasteiger partial charge in [-0.3, -0.25) is 9.59 Å². The predicted molar refractivity (Wildman–Crippen MR) is 81.4 cm³/mol. The van der Waals surface area contributed by atoms with E-state index in [9.17, 15) is 14.4 Å². The van der Waals surface area contributed by atoms with Crippen molar-refractivity contribution in [1.29, 1.82) is 5.26 Å². The number of esters is 1. The fourth-order valence-corrected chi connectivity index (χ4v) is 1.71. The quantitative estimate of drug-likeness (QED) is 0.265. The highest BCUT2D eigenvalue weighted by atomic mass is 16.5. The van der Waals surface area contributed by atoms with E-state index in [0.717, 1.165) is 0 Å². The van der Waals surface area contributed by atoms with Gasteiger partial charge in [-0.25, -0.2) is 4.79 Å². The van der Waals surface area contributed by atoms with Crippen LogP contribution < -0.4 is 10.5 Å². The van der Waals surface area contributed by atoms with Crippen LogP contribution in [0.2, 0.25) is 0 Å². The van der Waals surface area contributed by atoms with E-state index in [-0.39, 0.29) is 29.9 Å². The molecule has 0 aliphatic carbocycles. The Morgan fingerprint density at radius 2 is 2.04 bits per heavy atom. The largest absolute Gasteiger partial charge is 0.496 e. The molecule has 1 aromatic carbocycles. The van der Waals surface area contributed by atoms with Gasteiger partial charge < -0.3 is 15.2 Å². The number of carbonyl (C=O) groups is 3. The molecule has 1 rings (SSSR count). The molecule has 0 fully saturated rings. The zero-order valence-corrected chi connectivity index (χ0v) is 12.8. The van der Waals surface area contributed by atoms with Crippen molar-refractivity contribution in [2.24, 2.45) is 5.73 Å². The third-order valence-corrected chi connectivity index (χ3v) is 2.86.